The Hall–Kier alpha value is -1.37. The number of carbonyl (C=O) groups is 1. The highest BCUT2D eigenvalue weighted by atomic mass is 16.1. The van der Waals surface area contributed by atoms with Crippen LogP contribution in [0.3, 0.4) is 0 Å². The summed E-state index contributed by atoms with van der Waals surface area (Å²) in [6.07, 6.45) is 5.62. The fourth-order valence-electron chi connectivity index (χ4n) is 1.30. The lowest BCUT2D eigenvalue weighted by Gasteiger charge is -2.00. The Morgan fingerprint density at radius 2 is 1.93 bits per heavy atom. The van der Waals surface area contributed by atoms with Crippen LogP contribution in [-0.4, -0.2) is 5.78 Å². The van der Waals surface area contributed by atoms with E-state index in [9.17, 15) is 4.79 Å². The summed E-state index contributed by atoms with van der Waals surface area (Å²) in [6, 6.07) is 10.1. The molecule has 0 aliphatic heterocycles. The number of Topliss-reactive ketones (excluding diaryl/α,β-unsaturated/α-hetero) is 1. The molecule has 80 valence electrons. The summed E-state index contributed by atoms with van der Waals surface area (Å²) in [6.45, 7) is 3.90. The molecule has 15 heavy (non-hydrogen) atoms. The zero-order valence-corrected chi connectivity index (χ0v) is 9.44. The van der Waals surface area contributed by atoms with Crippen LogP contribution in [-0.2, 0) is 4.79 Å². The molecule has 1 rings (SSSR count). The van der Waals surface area contributed by atoms with Crippen LogP contribution >= 0.6 is 0 Å². The standard InChI is InChI=1S/C14H18O/c1-12(2)14(15)11-7-6-10-13-8-4-3-5-9-13/h3-6,8-10,12H,7,11H2,1-2H3/b10-6+. The summed E-state index contributed by atoms with van der Waals surface area (Å²) in [7, 11) is 0. The molecule has 0 fully saturated rings. The zero-order chi connectivity index (χ0) is 11.1. The molecule has 0 saturated heterocycles. The average molecular weight is 202 g/mol. The fourth-order valence-corrected chi connectivity index (χ4v) is 1.30. The van der Waals surface area contributed by atoms with Crippen LogP contribution in [0, 0.1) is 5.92 Å². The first-order chi connectivity index (χ1) is 7.20. The van der Waals surface area contributed by atoms with Crippen LogP contribution in [0.25, 0.3) is 6.08 Å². The van der Waals surface area contributed by atoms with Gasteiger partial charge in [0.1, 0.15) is 5.78 Å². The number of hydrogen-bond acceptors (Lipinski definition) is 1. The van der Waals surface area contributed by atoms with Crippen molar-refractivity contribution >= 4 is 11.9 Å². The molecule has 0 saturated carbocycles. The van der Waals surface area contributed by atoms with Gasteiger partial charge in [-0.3, -0.25) is 4.79 Å². The van der Waals surface area contributed by atoms with Crippen LogP contribution in [0.5, 0.6) is 0 Å². The number of ketones is 1. The lowest BCUT2D eigenvalue weighted by atomic mass is 10.0. The van der Waals surface area contributed by atoms with Gasteiger partial charge in [-0.1, -0.05) is 56.3 Å². The molecule has 0 atom stereocenters. The van der Waals surface area contributed by atoms with Crippen molar-refractivity contribution in [3.63, 3.8) is 0 Å². The summed E-state index contributed by atoms with van der Waals surface area (Å²) >= 11 is 0. The number of allylic oxidation sites excluding steroid dienone is 1. The second-order valence-electron chi connectivity index (χ2n) is 3.97. The van der Waals surface area contributed by atoms with Crippen molar-refractivity contribution < 1.29 is 4.79 Å². The first-order valence-corrected chi connectivity index (χ1v) is 5.44. The van der Waals surface area contributed by atoms with Crippen molar-refractivity contribution in [3.05, 3.63) is 42.0 Å². The average Bonchev–Trinajstić information content (AvgIpc) is 2.25. The second-order valence-corrected chi connectivity index (χ2v) is 3.97. The highest BCUT2D eigenvalue weighted by Gasteiger charge is 2.04. The van der Waals surface area contributed by atoms with E-state index in [4.69, 9.17) is 0 Å². The zero-order valence-electron chi connectivity index (χ0n) is 9.44. The van der Waals surface area contributed by atoms with Gasteiger partial charge in [0.2, 0.25) is 0 Å². The SMILES string of the molecule is CC(C)C(=O)CC/C=C/c1ccccc1. The molecule has 1 aromatic carbocycles. The van der Waals surface area contributed by atoms with Crippen molar-refractivity contribution in [1.82, 2.24) is 0 Å². The van der Waals surface area contributed by atoms with Gasteiger partial charge in [0, 0.05) is 12.3 Å². The third-order valence-corrected chi connectivity index (χ3v) is 2.31. The third-order valence-electron chi connectivity index (χ3n) is 2.31. The van der Waals surface area contributed by atoms with Gasteiger partial charge in [0.05, 0.1) is 0 Å². The van der Waals surface area contributed by atoms with Gasteiger partial charge in [0.25, 0.3) is 0 Å². The molecule has 0 bridgehead atoms. The van der Waals surface area contributed by atoms with Crippen LogP contribution in [0.2, 0.25) is 0 Å². The van der Waals surface area contributed by atoms with E-state index in [0.717, 1.165) is 6.42 Å². The first kappa shape index (κ1) is 11.7. The van der Waals surface area contributed by atoms with Gasteiger partial charge in [-0.25, -0.2) is 0 Å². The fraction of sp³-hybridized carbons (Fsp3) is 0.357. The topological polar surface area (TPSA) is 17.1 Å². The Morgan fingerprint density at radius 1 is 1.27 bits per heavy atom. The lowest BCUT2D eigenvalue weighted by Crippen LogP contribution is -2.05. The van der Waals surface area contributed by atoms with E-state index in [-0.39, 0.29) is 5.92 Å². The van der Waals surface area contributed by atoms with Crippen LogP contribution < -0.4 is 0 Å². The normalized spacial score (nSPS) is 11.1. The molecule has 1 nitrogen and oxygen atoms in total. The number of carbonyl (C=O) groups excluding carboxylic acids is 1. The minimum Gasteiger partial charge on any atom is -0.299 e. The van der Waals surface area contributed by atoms with E-state index in [1.54, 1.807) is 0 Å². The van der Waals surface area contributed by atoms with Crippen molar-refractivity contribution in [1.29, 1.82) is 0 Å². The quantitative estimate of drug-likeness (QED) is 0.711. The highest BCUT2D eigenvalue weighted by molar-refractivity contribution is 5.80. The molecular formula is C14H18O. The molecule has 1 heteroatoms. The highest BCUT2D eigenvalue weighted by Crippen LogP contribution is 2.05. The van der Waals surface area contributed by atoms with Crippen molar-refractivity contribution in [3.8, 4) is 0 Å². The molecule has 0 amide bonds. The summed E-state index contributed by atoms with van der Waals surface area (Å²) in [5, 5.41) is 0. The van der Waals surface area contributed by atoms with E-state index in [2.05, 4.69) is 24.3 Å². The predicted molar refractivity (Wildman–Crippen MR) is 64.6 cm³/mol. The van der Waals surface area contributed by atoms with E-state index in [1.165, 1.54) is 5.56 Å². The Bertz CT molecular complexity index is 322. The summed E-state index contributed by atoms with van der Waals surface area (Å²) in [5.74, 6) is 0.503. The van der Waals surface area contributed by atoms with Crippen molar-refractivity contribution in [2.24, 2.45) is 5.92 Å². The van der Waals surface area contributed by atoms with Crippen LogP contribution in [0.1, 0.15) is 32.3 Å². The van der Waals surface area contributed by atoms with E-state index in [0.29, 0.717) is 12.2 Å². The van der Waals surface area contributed by atoms with Gasteiger partial charge >= 0.3 is 0 Å². The third kappa shape index (κ3) is 4.59. The van der Waals surface area contributed by atoms with Crippen LogP contribution in [0.15, 0.2) is 36.4 Å². The molecule has 0 aliphatic rings. The molecule has 0 aliphatic carbocycles. The maximum absolute atomic E-state index is 11.3. The first-order valence-electron chi connectivity index (χ1n) is 5.44. The van der Waals surface area contributed by atoms with E-state index < -0.39 is 0 Å². The second kappa shape index (κ2) is 6.18. The minimum absolute atomic E-state index is 0.162. The van der Waals surface area contributed by atoms with Gasteiger partial charge in [0.15, 0.2) is 0 Å². The molecular weight excluding hydrogens is 184 g/mol. The predicted octanol–water partition coefficient (Wildman–Crippen LogP) is 3.71. The molecule has 0 radical (unpaired) electrons. The Balaban J connectivity index is 2.32. The van der Waals surface area contributed by atoms with Crippen LogP contribution in [0.4, 0.5) is 0 Å². The smallest absolute Gasteiger partial charge is 0.135 e. The van der Waals surface area contributed by atoms with Crippen molar-refractivity contribution in [2.75, 3.05) is 0 Å². The summed E-state index contributed by atoms with van der Waals surface area (Å²) in [5.41, 5.74) is 1.19. The van der Waals surface area contributed by atoms with Gasteiger partial charge in [-0.2, -0.15) is 0 Å². The summed E-state index contributed by atoms with van der Waals surface area (Å²) < 4.78 is 0. The molecule has 0 aromatic heterocycles. The van der Waals surface area contributed by atoms with Gasteiger partial charge < -0.3 is 0 Å². The van der Waals surface area contributed by atoms with Gasteiger partial charge in [-0.05, 0) is 12.0 Å². The van der Waals surface area contributed by atoms with E-state index in [1.807, 2.05) is 32.0 Å². The molecule has 0 heterocycles. The largest absolute Gasteiger partial charge is 0.299 e. The lowest BCUT2D eigenvalue weighted by molar-refractivity contribution is -0.121. The Labute approximate surface area is 91.8 Å². The minimum atomic E-state index is 0.162. The van der Waals surface area contributed by atoms with Gasteiger partial charge in [-0.15, -0.1) is 0 Å². The Morgan fingerprint density at radius 3 is 2.53 bits per heavy atom. The summed E-state index contributed by atoms with van der Waals surface area (Å²) in [4.78, 5) is 11.3. The van der Waals surface area contributed by atoms with Crippen molar-refractivity contribution in [2.45, 2.75) is 26.7 Å². The molecule has 1 aromatic rings. The van der Waals surface area contributed by atoms with E-state index >= 15 is 0 Å². The monoisotopic (exact) mass is 202 g/mol. The molecule has 0 N–H and O–H groups in total. The molecule has 0 spiro atoms. The Kier molecular flexibility index (Phi) is 4.82. The number of hydrogen-bond donors (Lipinski definition) is 0. The number of benzene rings is 1. The molecule has 0 unspecified atom stereocenters. The maximum Gasteiger partial charge on any atom is 0.135 e. The maximum atomic E-state index is 11.3. The number of rotatable bonds is 5.